The van der Waals surface area contributed by atoms with E-state index in [4.69, 9.17) is 0 Å². The maximum atomic E-state index is 2.47. The van der Waals surface area contributed by atoms with Crippen LogP contribution in [0.4, 0.5) is 34.1 Å². The van der Waals surface area contributed by atoms with Crippen LogP contribution in [0, 0.1) is 13.8 Å². The minimum Gasteiger partial charge on any atom is -0.310 e. The SMILES string of the molecule is Cc1cccc(N(c2ccc3c(c2)C(C)(C)c2cc(C=Cc4ccc(C=Cc5ccc6c(c5)C(C)(C)c5cc(N(c7cccc(C)c7)c7cc8ccccc8c8ccccc78)ccc5-6)cc4)ccc2-3)c2cc3ccccc3c3ccccc23)c1. The predicted octanol–water partition coefficient (Wildman–Crippen LogP) is 22.8. The first-order valence-corrected chi connectivity index (χ1v) is 29.5. The van der Waals surface area contributed by atoms with Crippen LogP contribution in [0.15, 0.2) is 255 Å². The zero-order valence-corrected chi connectivity index (χ0v) is 48.5. The molecule has 15 rings (SSSR count). The minimum absolute atomic E-state index is 0.205. The highest BCUT2D eigenvalue weighted by molar-refractivity contribution is 6.16. The van der Waals surface area contributed by atoms with E-state index in [1.165, 1.54) is 132 Å². The second kappa shape index (κ2) is 19.9. The van der Waals surface area contributed by atoms with E-state index in [9.17, 15) is 0 Å². The Morgan fingerprint density at radius 3 is 0.988 bits per heavy atom. The molecule has 13 aromatic rings. The average Bonchev–Trinajstić information content (AvgIpc) is 2.67. The second-order valence-corrected chi connectivity index (χ2v) is 24.3. The van der Waals surface area contributed by atoms with E-state index in [2.05, 4.69) is 330 Å². The molecule has 2 nitrogen and oxygen atoms in total. The van der Waals surface area contributed by atoms with Crippen molar-refractivity contribution in [3.63, 3.8) is 0 Å². The summed E-state index contributed by atoms with van der Waals surface area (Å²) in [5, 5.41) is 10.0. The first kappa shape index (κ1) is 50.9. The van der Waals surface area contributed by atoms with Gasteiger partial charge in [0.25, 0.3) is 0 Å². The van der Waals surface area contributed by atoms with Gasteiger partial charge in [-0.2, -0.15) is 0 Å². The molecule has 0 aromatic heterocycles. The molecule has 13 aromatic carbocycles. The van der Waals surface area contributed by atoms with Crippen LogP contribution in [0.2, 0.25) is 0 Å². The highest BCUT2D eigenvalue weighted by Gasteiger charge is 2.38. The topological polar surface area (TPSA) is 6.48 Å². The maximum Gasteiger partial charge on any atom is 0.0546 e. The van der Waals surface area contributed by atoms with Crippen molar-refractivity contribution in [2.24, 2.45) is 0 Å². The lowest BCUT2D eigenvalue weighted by Gasteiger charge is -2.29. The molecule has 0 atom stereocenters. The van der Waals surface area contributed by atoms with Crippen LogP contribution in [0.5, 0.6) is 0 Å². The Bertz CT molecular complexity index is 4570. The van der Waals surface area contributed by atoms with Crippen molar-refractivity contribution >= 4 is 102 Å². The molecular weight excluding hydrogens is 1010 g/mol. The molecule has 0 saturated heterocycles. The lowest BCUT2D eigenvalue weighted by Crippen LogP contribution is -2.17. The molecule has 2 aliphatic carbocycles. The van der Waals surface area contributed by atoms with Crippen molar-refractivity contribution in [1.82, 2.24) is 0 Å². The van der Waals surface area contributed by atoms with Crippen molar-refractivity contribution < 1.29 is 0 Å². The minimum atomic E-state index is -0.205. The number of benzene rings is 13. The van der Waals surface area contributed by atoms with Gasteiger partial charge in [-0.25, -0.2) is 0 Å². The van der Waals surface area contributed by atoms with Crippen LogP contribution < -0.4 is 9.80 Å². The Hall–Kier alpha value is -10.0. The Morgan fingerprint density at radius 1 is 0.262 bits per heavy atom. The number of hydrogen-bond acceptors (Lipinski definition) is 2. The van der Waals surface area contributed by atoms with Crippen LogP contribution >= 0.6 is 0 Å². The summed E-state index contributed by atoms with van der Waals surface area (Å²) < 4.78 is 0. The summed E-state index contributed by atoms with van der Waals surface area (Å²) >= 11 is 0. The number of aryl methyl sites for hydroxylation is 2. The number of nitrogens with zero attached hydrogens (tertiary/aromatic N) is 2. The number of rotatable bonds is 10. The summed E-state index contributed by atoms with van der Waals surface area (Å²) in [6.45, 7) is 13.9. The van der Waals surface area contributed by atoms with E-state index in [1.807, 2.05) is 0 Å². The van der Waals surface area contributed by atoms with Crippen molar-refractivity contribution in [1.29, 1.82) is 0 Å². The summed E-state index contributed by atoms with van der Waals surface area (Å²) in [6, 6.07) is 94.9. The molecule has 0 radical (unpaired) electrons. The fraction of sp³-hybridized carbons (Fsp3) is 0.0976. The summed E-state index contributed by atoms with van der Waals surface area (Å²) in [5.74, 6) is 0. The van der Waals surface area contributed by atoms with E-state index in [-0.39, 0.29) is 10.8 Å². The zero-order valence-electron chi connectivity index (χ0n) is 48.5. The van der Waals surface area contributed by atoms with Crippen LogP contribution in [-0.4, -0.2) is 0 Å². The summed E-state index contributed by atoms with van der Waals surface area (Å²) in [6.07, 6.45) is 9.01. The monoisotopic (exact) mass is 1080 g/mol. The molecule has 0 saturated carbocycles. The average molecular weight is 1080 g/mol. The van der Waals surface area contributed by atoms with E-state index in [0.717, 1.165) is 22.7 Å². The highest BCUT2D eigenvalue weighted by Crippen LogP contribution is 2.54. The molecule has 0 unspecified atom stereocenters. The zero-order chi connectivity index (χ0) is 56.8. The molecule has 2 heteroatoms. The van der Waals surface area contributed by atoms with E-state index >= 15 is 0 Å². The van der Waals surface area contributed by atoms with Gasteiger partial charge >= 0.3 is 0 Å². The second-order valence-electron chi connectivity index (χ2n) is 24.3. The van der Waals surface area contributed by atoms with Crippen molar-refractivity contribution in [3.05, 3.63) is 310 Å². The van der Waals surface area contributed by atoms with Crippen LogP contribution in [-0.2, 0) is 10.8 Å². The van der Waals surface area contributed by atoms with Gasteiger partial charge in [0.05, 0.1) is 11.4 Å². The van der Waals surface area contributed by atoms with Gasteiger partial charge in [-0.05, 0) is 185 Å². The lowest BCUT2D eigenvalue weighted by molar-refractivity contribution is 0.660. The molecule has 2 aliphatic rings. The molecule has 0 bridgehead atoms. The molecule has 0 aliphatic heterocycles. The number of anilines is 6. The largest absolute Gasteiger partial charge is 0.310 e. The Balaban J connectivity index is 0.678. The predicted molar refractivity (Wildman–Crippen MR) is 361 cm³/mol. The standard InChI is InChI=1S/C82H64N2/c1-53-17-15-21-61(45-53)83(79-49-59-19-7-9-23-65(59)67-25-11-13-27-73(67)79)63-39-43-71-69-41-37-57(47-75(69)81(3,4)77(71)51-63)35-33-55-29-31-56(32-30-55)34-36-58-38-42-70-72-44-40-64(52-78(72)82(5,6)76(70)48-58)84(62-22-16-18-54(2)46-62)80-50-60-20-8-10-24-66(60)68-26-12-14-28-74(68)80/h7-52H,1-6H3. The van der Waals surface area contributed by atoms with Gasteiger partial charge in [0, 0.05) is 44.4 Å². The quantitative estimate of drug-likeness (QED) is 0.0995. The fourth-order valence-corrected chi connectivity index (χ4v) is 13.9. The first-order chi connectivity index (χ1) is 40.9. The summed E-state index contributed by atoms with van der Waals surface area (Å²) in [7, 11) is 0. The van der Waals surface area contributed by atoms with Crippen molar-refractivity contribution in [2.75, 3.05) is 9.80 Å². The molecule has 402 valence electrons. The van der Waals surface area contributed by atoms with Crippen LogP contribution in [0.25, 0.3) is 89.6 Å². The normalized spacial score (nSPS) is 13.7. The fourth-order valence-electron chi connectivity index (χ4n) is 13.9. The molecule has 0 amide bonds. The van der Waals surface area contributed by atoms with Gasteiger partial charge in [-0.1, -0.05) is 246 Å². The molecule has 0 fully saturated rings. The third kappa shape index (κ3) is 8.55. The molecule has 0 heterocycles. The Labute approximate surface area is 493 Å². The third-order valence-corrected chi connectivity index (χ3v) is 18.3. The highest BCUT2D eigenvalue weighted by atomic mass is 15.1. The third-order valence-electron chi connectivity index (χ3n) is 18.3. The molecule has 84 heavy (non-hydrogen) atoms. The van der Waals surface area contributed by atoms with Gasteiger partial charge in [-0.3, -0.25) is 0 Å². The maximum absolute atomic E-state index is 2.47. The molecule has 0 N–H and O–H groups in total. The first-order valence-electron chi connectivity index (χ1n) is 29.5. The van der Waals surface area contributed by atoms with E-state index in [0.29, 0.717) is 0 Å². The number of hydrogen-bond donors (Lipinski definition) is 0. The van der Waals surface area contributed by atoms with Gasteiger partial charge in [0.2, 0.25) is 0 Å². The molecule has 0 spiro atoms. The van der Waals surface area contributed by atoms with E-state index in [1.54, 1.807) is 0 Å². The molecular formula is C82H64N2. The van der Waals surface area contributed by atoms with Gasteiger partial charge in [0.1, 0.15) is 0 Å². The summed E-state index contributed by atoms with van der Waals surface area (Å²) in [5.41, 5.74) is 24.4. The lowest BCUT2D eigenvalue weighted by atomic mass is 9.81. The smallest absolute Gasteiger partial charge is 0.0546 e. The van der Waals surface area contributed by atoms with E-state index < -0.39 is 0 Å². The van der Waals surface area contributed by atoms with Crippen LogP contribution in [0.1, 0.15) is 83.3 Å². The summed E-state index contributed by atoms with van der Waals surface area (Å²) in [4.78, 5) is 4.93. The van der Waals surface area contributed by atoms with Gasteiger partial charge in [0.15, 0.2) is 0 Å². The van der Waals surface area contributed by atoms with Crippen LogP contribution in [0.3, 0.4) is 0 Å². The van der Waals surface area contributed by atoms with Gasteiger partial charge < -0.3 is 9.80 Å². The number of fused-ring (bicyclic) bond motifs is 12. The van der Waals surface area contributed by atoms with Crippen molar-refractivity contribution in [3.8, 4) is 22.3 Å². The van der Waals surface area contributed by atoms with Crippen molar-refractivity contribution in [2.45, 2.75) is 52.4 Å². The van der Waals surface area contributed by atoms with Gasteiger partial charge in [-0.15, -0.1) is 0 Å². The Morgan fingerprint density at radius 2 is 0.583 bits per heavy atom. The Kier molecular flexibility index (Phi) is 12.0.